The van der Waals surface area contributed by atoms with Crippen molar-refractivity contribution in [1.29, 1.82) is 0 Å². The Morgan fingerprint density at radius 2 is 1.57 bits per heavy atom. The van der Waals surface area contributed by atoms with Crippen LogP contribution in [0.4, 0.5) is 0 Å². The zero-order valence-corrected chi connectivity index (χ0v) is 15.3. The van der Waals surface area contributed by atoms with Gasteiger partial charge in [-0.15, -0.1) is 0 Å². The number of methoxy groups -OCH3 is 1. The monoisotopic (exact) mass is 378 g/mol. The summed E-state index contributed by atoms with van der Waals surface area (Å²) >= 11 is 0. The number of ether oxygens (including phenoxy) is 4. The summed E-state index contributed by atoms with van der Waals surface area (Å²) in [4.78, 5) is 24.7. The Balaban J connectivity index is 1.43. The molecule has 6 nitrogen and oxygen atoms in total. The summed E-state index contributed by atoms with van der Waals surface area (Å²) in [6.45, 7) is 0.566. The molecule has 3 aromatic rings. The SMILES string of the molecule is COc1ccc2cc(C(=O)COC(=O)c3ccc4c(c3)OCCO4)ccc2c1. The molecule has 0 aromatic heterocycles. The molecule has 0 bridgehead atoms. The van der Waals surface area contributed by atoms with Crippen LogP contribution >= 0.6 is 0 Å². The van der Waals surface area contributed by atoms with Crippen LogP contribution in [0.25, 0.3) is 10.8 Å². The van der Waals surface area contributed by atoms with Crippen molar-refractivity contribution in [1.82, 2.24) is 0 Å². The summed E-state index contributed by atoms with van der Waals surface area (Å²) in [5.74, 6) is 0.975. The van der Waals surface area contributed by atoms with Gasteiger partial charge in [0.15, 0.2) is 23.9 Å². The Kier molecular flexibility index (Phi) is 4.85. The Bertz CT molecular complexity index is 1060. The number of fused-ring (bicyclic) bond motifs is 2. The summed E-state index contributed by atoms with van der Waals surface area (Å²) in [6.07, 6.45) is 0. The van der Waals surface area contributed by atoms with Crippen LogP contribution in [0.5, 0.6) is 17.2 Å². The maximum Gasteiger partial charge on any atom is 0.338 e. The van der Waals surface area contributed by atoms with Crippen molar-refractivity contribution in [3.63, 3.8) is 0 Å². The lowest BCUT2D eigenvalue weighted by Crippen LogP contribution is -2.17. The van der Waals surface area contributed by atoms with E-state index in [9.17, 15) is 9.59 Å². The molecule has 1 heterocycles. The van der Waals surface area contributed by atoms with Gasteiger partial charge in [0.05, 0.1) is 12.7 Å². The maximum atomic E-state index is 12.4. The zero-order valence-electron chi connectivity index (χ0n) is 15.3. The number of Topliss-reactive ketones (excluding diaryl/α,β-unsaturated/α-hetero) is 1. The van der Waals surface area contributed by atoms with E-state index in [0.717, 1.165) is 16.5 Å². The van der Waals surface area contributed by atoms with E-state index >= 15 is 0 Å². The van der Waals surface area contributed by atoms with E-state index in [1.165, 1.54) is 0 Å². The first-order valence-electron chi connectivity index (χ1n) is 8.82. The average molecular weight is 378 g/mol. The smallest absolute Gasteiger partial charge is 0.338 e. The molecule has 1 aliphatic heterocycles. The second kappa shape index (κ2) is 7.60. The van der Waals surface area contributed by atoms with Crippen molar-refractivity contribution < 1.29 is 28.5 Å². The van der Waals surface area contributed by atoms with Gasteiger partial charge in [-0.05, 0) is 47.2 Å². The summed E-state index contributed by atoms with van der Waals surface area (Å²) < 4.78 is 21.3. The first kappa shape index (κ1) is 17.9. The van der Waals surface area contributed by atoms with Gasteiger partial charge in [-0.1, -0.05) is 18.2 Å². The van der Waals surface area contributed by atoms with Gasteiger partial charge in [0.2, 0.25) is 0 Å². The minimum atomic E-state index is -0.587. The summed E-state index contributed by atoms with van der Waals surface area (Å²) in [5, 5.41) is 1.87. The molecule has 0 N–H and O–H groups in total. The van der Waals surface area contributed by atoms with Gasteiger partial charge in [0.1, 0.15) is 19.0 Å². The maximum absolute atomic E-state index is 12.4. The largest absolute Gasteiger partial charge is 0.497 e. The standard InChI is InChI=1S/C22H18O6/c1-25-18-6-4-14-10-16(3-2-15(14)11-18)19(23)13-28-22(24)17-5-7-20-21(12-17)27-9-8-26-20/h2-7,10-12H,8-9,13H2,1H3. The van der Waals surface area contributed by atoms with Crippen molar-refractivity contribution in [3.8, 4) is 17.2 Å². The Hall–Kier alpha value is -3.54. The lowest BCUT2D eigenvalue weighted by molar-refractivity contribution is 0.0474. The molecule has 4 rings (SSSR count). The molecule has 28 heavy (non-hydrogen) atoms. The third-order valence-corrected chi connectivity index (χ3v) is 4.48. The molecule has 0 atom stereocenters. The summed E-state index contributed by atoms with van der Waals surface area (Å²) in [5.41, 5.74) is 0.787. The molecule has 0 radical (unpaired) electrons. The van der Waals surface area contributed by atoms with Crippen LogP contribution in [0.2, 0.25) is 0 Å². The van der Waals surface area contributed by atoms with E-state index in [0.29, 0.717) is 35.8 Å². The van der Waals surface area contributed by atoms with E-state index < -0.39 is 5.97 Å². The van der Waals surface area contributed by atoms with E-state index in [4.69, 9.17) is 18.9 Å². The van der Waals surface area contributed by atoms with Crippen LogP contribution in [-0.2, 0) is 4.74 Å². The highest BCUT2D eigenvalue weighted by molar-refractivity contribution is 6.02. The van der Waals surface area contributed by atoms with Gasteiger partial charge in [0.25, 0.3) is 0 Å². The van der Waals surface area contributed by atoms with Crippen LogP contribution in [-0.4, -0.2) is 38.7 Å². The molecule has 1 aliphatic rings. The third kappa shape index (κ3) is 3.62. The Morgan fingerprint density at radius 3 is 2.39 bits per heavy atom. The number of carbonyl (C=O) groups is 2. The van der Waals surface area contributed by atoms with Crippen molar-refractivity contribution >= 4 is 22.5 Å². The predicted octanol–water partition coefficient (Wildman–Crippen LogP) is 3.66. The Morgan fingerprint density at radius 1 is 0.857 bits per heavy atom. The Labute approximate surface area is 161 Å². The minimum absolute atomic E-state index is 0.274. The molecule has 0 saturated heterocycles. The molecule has 3 aromatic carbocycles. The first-order valence-corrected chi connectivity index (χ1v) is 8.82. The van der Waals surface area contributed by atoms with E-state index in [2.05, 4.69) is 0 Å². The van der Waals surface area contributed by atoms with Crippen molar-refractivity contribution in [2.24, 2.45) is 0 Å². The summed E-state index contributed by atoms with van der Waals surface area (Å²) in [7, 11) is 1.61. The topological polar surface area (TPSA) is 71.1 Å². The highest BCUT2D eigenvalue weighted by Crippen LogP contribution is 2.31. The number of benzene rings is 3. The molecule has 0 saturated carbocycles. The molecular formula is C22H18O6. The van der Waals surface area contributed by atoms with Crippen molar-refractivity contribution in [3.05, 3.63) is 65.7 Å². The van der Waals surface area contributed by atoms with Crippen LogP contribution in [0.1, 0.15) is 20.7 Å². The predicted molar refractivity (Wildman–Crippen MR) is 103 cm³/mol. The molecule has 142 valence electrons. The normalized spacial score (nSPS) is 12.5. The van der Waals surface area contributed by atoms with Gasteiger partial charge >= 0.3 is 5.97 Å². The number of carbonyl (C=O) groups excluding carboxylic acids is 2. The molecule has 0 spiro atoms. The van der Waals surface area contributed by atoms with E-state index in [1.807, 2.05) is 24.3 Å². The van der Waals surface area contributed by atoms with Crippen LogP contribution in [0.3, 0.4) is 0 Å². The number of esters is 1. The number of ketones is 1. The molecule has 0 aliphatic carbocycles. The average Bonchev–Trinajstić information content (AvgIpc) is 2.76. The number of rotatable bonds is 5. The van der Waals surface area contributed by atoms with Crippen molar-refractivity contribution in [2.75, 3.05) is 26.9 Å². The fourth-order valence-corrected chi connectivity index (χ4v) is 2.99. The van der Waals surface area contributed by atoms with Gasteiger partial charge < -0.3 is 18.9 Å². The molecule has 0 amide bonds. The lowest BCUT2D eigenvalue weighted by atomic mass is 10.0. The fraction of sp³-hybridized carbons (Fsp3) is 0.182. The first-order chi connectivity index (χ1) is 13.6. The number of hydrogen-bond donors (Lipinski definition) is 0. The van der Waals surface area contributed by atoms with Crippen LogP contribution in [0, 0.1) is 0 Å². The van der Waals surface area contributed by atoms with Gasteiger partial charge in [-0.2, -0.15) is 0 Å². The second-order valence-electron chi connectivity index (χ2n) is 6.29. The number of hydrogen-bond acceptors (Lipinski definition) is 6. The highest BCUT2D eigenvalue weighted by Gasteiger charge is 2.17. The van der Waals surface area contributed by atoms with Gasteiger partial charge in [-0.3, -0.25) is 4.79 Å². The zero-order chi connectivity index (χ0) is 19.5. The van der Waals surface area contributed by atoms with Crippen LogP contribution < -0.4 is 14.2 Å². The lowest BCUT2D eigenvalue weighted by Gasteiger charge is -2.18. The van der Waals surface area contributed by atoms with E-state index in [1.54, 1.807) is 37.4 Å². The van der Waals surface area contributed by atoms with Crippen LogP contribution in [0.15, 0.2) is 54.6 Å². The quantitative estimate of drug-likeness (QED) is 0.498. The molecule has 0 unspecified atom stereocenters. The fourth-order valence-electron chi connectivity index (χ4n) is 2.99. The van der Waals surface area contributed by atoms with Gasteiger partial charge in [-0.25, -0.2) is 4.79 Å². The van der Waals surface area contributed by atoms with Gasteiger partial charge in [0, 0.05) is 5.56 Å². The summed E-state index contributed by atoms with van der Waals surface area (Å²) in [6, 6.07) is 15.7. The highest BCUT2D eigenvalue weighted by atomic mass is 16.6. The van der Waals surface area contributed by atoms with E-state index in [-0.39, 0.29) is 12.4 Å². The minimum Gasteiger partial charge on any atom is -0.497 e. The molecule has 6 heteroatoms. The molecular weight excluding hydrogens is 360 g/mol. The third-order valence-electron chi connectivity index (χ3n) is 4.48. The van der Waals surface area contributed by atoms with Crippen molar-refractivity contribution in [2.45, 2.75) is 0 Å². The second-order valence-corrected chi connectivity index (χ2v) is 6.29. The molecule has 0 fully saturated rings.